The van der Waals surface area contributed by atoms with Crippen molar-refractivity contribution in [1.29, 1.82) is 0 Å². The van der Waals surface area contributed by atoms with Crippen LogP contribution in [0.15, 0.2) is 109 Å². The lowest BCUT2D eigenvalue weighted by Crippen LogP contribution is -2.26. The number of aromatic nitrogens is 1. The molecule has 0 fully saturated rings. The number of carbonyl (C=O) groups excluding carboxylic acids is 1. The van der Waals surface area contributed by atoms with E-state index in [9.17, 15) is 4.79 Å². The van der Waals surface area contributed by atoms with Crippen molar-refractivity contribution in [3.05, 3.63) is 126 Å². The SMILES string of the molecule is CC(C)(C)c1ccc(Oc2ccc3cnc(C(=O)NCCc4ccc(-c5ccccc5)cc4)cc3c2)cc1. The molecule has 1 aromatic heterocycles. The van der Waals surface area contributed by atoms with E-state index in [1.54, 1.807) is 6.20 Å². The second-order valence-corrected chi connectivity index (χ2v) is 10.5. The number of ether oxygens (including phenoxy) is 1. The molecule has 5 aromatic rings. The van der Waals surface area contributed by atoms with E-state index in [1.807, 2.05) is 54.6 Å². The molecule has 0 unspecified atom stereocenters. The first-order valence-electron chi connectivity index (χ1n) is 13.0. The van der Waals surface area contributed by atoms with Gasteiger partial charge in [-0.2, -0.15) is 0 Å². The Morgan fingerprint density at radius 1 is 0.763 bits per heavy atom. The van der Waals surface area contributed by atoms with Crippen molar-refractivity contribution < 1.29 is 9.53 Å². The Labute approximate surface area is 224 Å². The van der Waals surface area contributed by atoms with Gasteiger partial charge in [0.15, 0.2) is 0 Å². The molecule has 0 saturated carbocycles. The van der Waals surface area contributed by atoms with Gasteiger partial charge in [0.25, 0.3) is 5.91 Å². The molecular weight excluding hydrogens is 468 g/mol. The Balaban J connectivity index is 1.20. The number of carbonyl (C=O) groups is 1. The van der Waals surface area contributed by atoms with Crippen LogP contribution in [0.5, 0.6) is 11.5 Å². The Morgan fingerprint density at radius 3 is 2.16 bits per heavy atom. The van der Waals surface area contributed by atoms with Crippen molar-refractivity contribution in [1.82, 2.24) is 10.3 Å². The zero-order chi connectivity index (χ0) is 26.5. The van der Waals surface area contributed by atoms with E-state index in [4.69, 9.17) is 4.74 Å². The van der Waals surface area contributed by atoms with Crippen molar-refractivity contribution in [3.63, 3.8) is 0 Å². The van der Waals surface area contributed by atoms with Gasteiger partial charge in [-0.25, -0.2) is 0 Å². The van der Waals surface area contributed by atoms with Gasteiger partial charge < -0.3 is 10.1 Å². The van der Waals surface area contributed by atoms with E-state index in [1.165, 1.54) is 22.3 Å². The lowest BCUT2D eigenvalue weighted by atomic mass is 9.87. The smallest absolute Gasteiger partial charge is 0.269 e. The van der Waals surface area contributed by atoms with E-state index in [2.05, 4.69) is 79.6 Å². The second-order valence-electron chi connectivity index (χ2n) is 10.5. The highest BCUT2D eigenvalue weighted by Gasteiger charge is 2.13. The predicted octanol–water partition coefficient (Wildman–Crippen LogP) is 7.96. The molecule has 38 heavy (non-hydrogen) atoms. The number of benzene rings is 4. The van der Waals surface area contributed by atoms with E-state index in [0.717, 1.165) is 28.7 Å². The molecule has 1 N–H and O–H groups in total. The molecule has 0 spiro atoms. The number of hydrogen-bond donors (Lipinski definition) is 1. The van der Waals surface area contributed by atoms with Crippen LogP contribution < -0.4 is 10.1 Å². The molecule has 0 radical (unpaired) electrons. The van der Waals surface area contributed by atoms with Gasteiger partial charge in [0.05, 0.1) is 0 Å². The van der Waals surface area contributed by atoms with Crippen molar-refractivity contribution >= 4 is 16.7 Å². The van der Waals surface area contributed by atoms with Crippen LogP contribution >= 0.6 is 0 Å². The summed E-state index contributed by atoms with van der Waals surface area (Å²) in [5.74, 6) is 1.32. The quantitative estimate of drug-likeness (QED) is 0.247. The molecule has 0 atom stereocenters. The van der Waals surface area contributed by atoms with Crippen LogP contribution in [0, 0.1) is 0 Å². The molecule has 4 heteroatoms. The molecule has 4 aromatic carbocycles. The maximum absolute atomic E-state index is 12.8. The van der Waals surface area contributed by atoms with E-state index >= 15 is 0 Å². The summed E-state index contributed by atoms with van der Waals surface area (Å²) < 4.78 is 6.08. The highest BCUT2D eigenvalue weighted by molar-refractivity contribution is 5.96. The van der Waals surface area contributed by atoms with Crippen LogP contribution in [-0.4, -0.2) is 17.4 Å². The number of fused-ring (bicyclic) bond motifs is 1. The fourth-order valence-electron chi connectivity index (χ4n) is 4.37. The average Bonchev–Trinajstić information content (AvgIpc) is 2.93. The third-order valence-electron chi connectivity index (χ3n) is 6.64. The fourth-order valence-corrected chi connectivity index (χ4v) is 4.37. The van der Waals surface area contributed by atoms with Gasteiger partial charge in [-0.1, -0.05) is 87.5 Å². The Hall–Kier alpha value is -4.44. The standard InChI is InChI=1S/C34H32N2O2/c1-34(2,3)29-14-17-30(18-15-29)38-31-16-13-27-23-36-32(22-28(27)21-31)33(37)35-20-19-24-9-11-26(12-10-24)25-7-5-4-6-8-25/h4-18,21-23H,19-20H2,1-3H3,(H,35,37). The summed E-state index contributed by atoms with van der Waals surface area (Å²) in [6.07, 6.45) is 2.48. The minimum absolute atomic E-state index is 0.0957. The van der Waals surface area contributed by atoms with Crippen LogP contribution in [0.1, 0.15) is 42.4 Å². The molecule has 0 bridgehead atoms. The third-order valence-corrected chi connectivity index (χ3v) is 6.64. The monoisotopic (exact) mass is 500 g/mol. The van der Waals surface area contributed by atoms with Crippen molar-refractivity contribution in [2.75, 3.05) is 6.54 Å². The van der Waals surface area contributed by atoms with Crippen molar-refractivity contribution in [3.8, 4) is 22.6 Å². The minimum Gasteiger partial charge on any atom is -0.457 e. The van der Waals surface area contributed by atoms with Gasteiger partial charge in [0, 0.05) is 18.1 Å². The Kier molecular flexibility index (Phi) is 7.23. The number of amides is 1. The summed E-state index contributed by atoms with van der Waals surface area (Å²) in [6.45, 7) is 7.11. The van der Waals surface area contributed by atoms with Crippen LogP contribution in [-0.2, 0) is 11.8 Å². The lowest BCUT2D eigenvalue weighted by Gasteiger charge is -2.19. The fraction of sp³-hybridized carbons (Fsp3) is 0.176. The summed E-state index contributed by atoms with van der Waals surface area (Å²) in [7, 11) is 0. The molecule has 0 saturated heterocycles. The van der Waals surface area contributed by atoms with Gasteiger partial charge in [-0.15, -0.1) is 0 Å². The zero-order valence-electron chi connectivity index (χ0n) is 22.1. The molecule has 0 aliphatic rings. The number of pyridine rings is 1. The molecule has 0 aliphatic heterocycles. The average molecular weight is 501 g/mol. The number of rotatable bonds is 7. The molecule has 190 valence electrons. The molecular formula is C34H32N2O2. The van der Waals surface area contributed by atoms with E-state index in [-0.39, 0.29) is 11.3 Å². The largest absolute Gasteiger partial charge is 0.457 e. The van der Waals surface area contributed by atoms with Crippen LogP contribution in [0.4, 0.5) is 0 Å². The third kappa shape index (κ3) is 6.09. The van der Waals surface area contributed by atoms with Gasteiger partial charge in [-0.05, 0) is 75.9 Å². The minimum atomic E-state index is -0.183. The summed E-state index contributed by atoms with van der Waals surface area (Å²) in [6, 6.07) is 34.6. The van der Waals surface area contributed by atoms with Gasteiger partial charge in [0.1, 0.15) is 17.2 Å². The zero-order valence-corrected chi connectivity index (χ0v) is 22.1. The number of nitrogens with zero attached hydrogens (tertiary/aromatic N) is 1. The van der Waals surface area contributed by atoms with Gasteiger partial charge >= 0.3 is 0 Å². The summed E-state index contributed by atoms with van der Waals surface area (Å²) in [5, 5.41) is 4.86. The number of hydrogen-bond acceptors (Lipinski definition) is 3. The number of nitrogens with one attached hydrogen (secondary N) is 1. The highest BCUT2D eigenvalue weighted by Crippen LogP contribution is 2.29. The lowest BCUT2D eigenvalue weighted by molar-refractivity contribution is 0.0949. The molecule has 1 heterocycles. The van der Waals surface area contributed by atoms with E-state index < -0.39 is 0 Å². The van der Waals surface area contributed by atoms with Gasteiger partial charge in [-0.3, -0.25) is 9.78 Å². The van der Waals surface area contributed by atoms with Gasteiger partial charge in [0.2, 0.25) is 0 Å². The molecule has 0 aliphatic carbocycles. The van der Waals surface area contributed by atoms with Crippen LogP contribution in [0.2, 0.25) is 0 Å². The second kappa shape index (κ2) is 10.9. The van der Waals surface area contributed by atoms with Crippen LogP contribution in [0.25, 0.3) is 21.9 Å². The van der Waals surface area contributed by atoms with Crippen molar-refractivity contribution in [2.24, 2.45) is 0 Å². The Morgan fingerprint density at radius 2 is 1.45 bits per heavy atom. The Bertz CT molecular complexity index is 1530. The highest BCUT2D eigenvalue weighted by atomic mass is 16.5. The maximum atomic E-state index is 12.8. The molecule has 4 nitrogen and oxygen atoms in total. The van der Waals surface area contributed by atoms with Crippen LogP contribution in [0.3, 0.4) is 0 Å². The first kappa shape index (κ1) is 25.2. The molecule has 1 amide bonds. The molecule has 5 rings (SSSR count). The summed E-state index contributed by atoms with van der Waals surface area (Å²) >= 11 is 0. The van der Waals surface area contributed by atoms with E-state index in [0.29, 0.717) is 12.2 Å². The first-order valence-corrected chi connectivity index (χ1v) is 13.0. The summed E-state index contributed by atoms with van der Waals surface area (Å²) in [5.41, 5.74) is 5.30. The topological polar surface area (TPSA) is 51.2 Å². The first-order chi connectivity index (χ1) is 18.3. The maximum Gasteiger partial charge on any atom is 0.269 e. The van der Waals surface area contributed by atoms with Crippen molar-refractivity contribution in [2.45, 2.75) is 32.6 Å². The summed E-state index contributed by atoms with van der Waals surface area (Å²) in [4.78, 5) is 17.2. The normalized spacial score (nSPS) is 11.3. The predicted molar refractivity (Wildman–Crippen MR) is 155 cm³/mol.